The Kier molecular flexibility index (Phi) is 15.3. The first-order chi connectivity index (χ1) is 28.1. The molecule has 2 saturated heterocycles. The van der Waals surface area contributed by atoms with E-state index in [0.29, 0.717) is 23.5 Å². The summed E-state index contributed by atoms with van der Waals surface area (Å²) in [5, 5.41) is 10.6. The predicted molar refractivity (Wildman–Crippen MR) is 244 cm³/mol. The molecule has 4 aromatic carbocycles. The molecule has 6 rings (SSSR count). The van der Waals surface area contributed by atoms with E-state index in [1.54, 1.807) is 5.01 Å². The fourth-order valence-electron chi connectivity index (χ4n) is 7.82. The molecule has 0 spiro atoms. The summed E-state index contributed by atoms with van der Waals surface area (Å²) in [5.41, 5.74) is 21.5. The van der Waals surface area contributed by atoms with Crippen molar-refractivity contribution in [3.63, 3.8) is 0 Å². The Morgan fingerprint density at radius 1 is 0.534 bits per heavy atom. The van der Waals surface area contributed by atoms with Gasteiger partial charge in [-0.05, 0) is 160 Å². The van der Waals surface area contributed by atoms with Crippen LogP contribution in [0.5, 0.6) is 0 Å². The van der Waals surface area contributed by atoms with Crippen LogP contribution < -0.4 is 26.3 Å². The highest BCUT2D eigenvalue weighted by Gasteiger charge is 2.20. The van der Waals surface area contributed by atoms with Crippen molar-refractivity contribution in [2.45, 2.75) is 51.6 Å². The molecule has 0 amide bonds. The molecule has 0 radical (unpaired) electrons. The van der Waals surface area contributed by atoms with Crippen molar-refractivity contribution in [1.82, 2.24) is 9.80 Å². The summed E-state index contributed by atoms with van der Waals surface area (Å²) >= 11 is 0. The first kappa shape index (κ1) is 42.3. The maximum absolute atomic E-state index is 6.40. The number of amidine groups is 2. The molecular weight excluding hydrogens is 719 g/mol. The van der Waals surface area contributed by atoms with Crippen molar-refractivity contribution < 1.29 is 0 Å². The third-order valence-electron chi connectivity index (χ3n) is 11.8. The molecule has 11 heteroatoms. The lowest BCUT2D eigenvalue weighted by Gasteiger charge is -2.31. The maximum atomic E-state index is 6.40. The number of benzene rings is 4. The first-order valence-electron chi connectivity index (χ1n) is 21.0. The van der Waals surface area contributed by atoms with Gasteiger partial charge in [-0.3, -0.25) is 19.8 Å². The molecule has 11 nitrogen and oxygen atoms in total. The van der Waals surface area contributed by atoms with Gasteiger partial charge in [0.2, 0.25) is 0 Å². The average molecular weight is 784 g/mol. The van der Waals surface area contributed by atoms with Gasteiger partial charge in [0.05, 0.1) is 11.4 Å². The monoisotopic (exact) mass is 784 g/mol. The molecule has 0 aliphatic carbocycles. The summed E-state index contributed by atoms with van der Waals surface area (Å²) in [5.74, 6) is 2.54. The molecule has 0 aromatic heterocycles. The van der Waals surface area contributed by atoms with E-state index in [1.165, 1.54) is 48.2 Å². The van der Waals surface area contributed by atoms with Crippen LogP contribution in [0.15, 0.2) is 117 Å². The minimum absolute atomic E-state index is 0.570. The summed E-state index contributed by atoms with van der Waals surface area (Å²) < 4.78 is 0. The van der Waals surface area contributed by atoms with E-state index in [2.05, 4.69) is 107 Å². The lowest BCUT2D eigenvalue weighted by molar-refractivity contribution is 0.173. The number of aliphatic imine (C=N–C) groups is 2. The Morgan fingerprint density at radius 3 is 1.31 bits per heavy atom. The van der Waals surface area contributed by atoms with Gasteiger partial charge in [-0.25, -0.2) is 5.01 Å². The zero-order chi connectivity index (χ0) is 40.9. The quantitative estimate of drug-likeness (QED) is 0.0483. The number of nitrogens with zero attached hydrogens (tertiary/aromatic N) is 9. The van der Waals surface area contributed by atoms with Crippen molar-refractivity contribution in [1.29, 1.82) is 0 Å². The normalized spacial score (nSPS) is 16.6. The van der Waals surface area contributed by atoms with Crippen LogP contribution in [0.2, 0.25) is 0 Å². The first-order valence-corrected chi connectivity index (χ1v) is 21.0. The van der Waals surface area contributed by atoms with Crippen LogP contribution >= 0.6 is 0 Å². The van der Waals surface area contributed by atoms with Crippen molar-refractivity contribution in [2.24, 2.45) is 43.6 Å². The van der Waals surface area contributed by atoms with Crippen LogP contribution in [0, 0.1) is 11.8 Å². The number of rotatable bonds is 17. The van der Waals surface area contributed by atoms with E-state index in [1.807, 2.05) is 55.6 Å². The van der Waals surface area contributed by atoms with Crippen molar-refractivity contribution in [3.8, 4) is 0 Å². The molecule has 0 atom stereocenters. The summed E-state index contributed by atoms with van der Waals surface area (Å²) in [6, 6.07) is 33.6. The predicted octanol–water partition coefficient (Wildman–Crippen LogP) is 7.97. The van der Waals surface area contributed by atoms with E-state index in [9.17, 15) is 0 Å². The number of nitrogens with two attached hydrogens (primary N) is 2. The van der Waals surface area contributed by atoms with Crippen LogP contribution in [-0.4, -0.2) is 96.0 Å². The second kappa shape index (κ2) is 20.9. The van der Waals surface area contributed by atoms with Crippen molar-refractivity contribution >= 4 is 34.4 Å². The van der Waals surface area contributed by atoms with Gasteiger partial charge in [0.1, 0.15) is 11.7 Å². The minimum atomic E-state index is 0.570. The van der Waals surface area contributed by atoms with Crippen LogP contribution in [0.25, 0.3) is 0 Å². The molecule has 4 N–H and O–H groups in total. The maximum Gasteiger partial charge on any atom is 0.125 e. The Hall–Kier alpha value is -5.26. The van der Waals surface area contributed by atoms with Gasteiger partial charge in [0.25, 0.3) is 0 Å². The van der Waals surface area contributed by atoms with E-state index in [0.717, 1.165) is 87.7 Å². The van der Waals surface area contributed by atoms with Gasteiger partial charge in [-0.2, -0.15) is 0 Å². The molecule has 0 bridgehead atoms. The van der Waals surface area contributed by atoms with Gasteiger partial charge in [0.15, 0.2) is 0 Å². The standard InChI is InChI=1S/C47H65N11/c1-54(2)43-16-6-38(7-17-43)34-57-30-24-36(25-31-57)22-28-50-46(48)40-10-14-42(15-11-40)52-53-56(5)45-20-12-41(13-21-45)47(49)51-29-23-37-26-32-58(33-27-37)35-39-8-18-44(19-9-39)55(3)4/h6-21,36-37H,22-35H2,1-5H3,(H2,48,50)(H2,49,51). The molecule has 0 unspecified atom stereocenters. The lowest BCUT2D eigenvalue weighted by Crippen LogP contribution is -2.33. The van der Waals surface area contributed by atoms with Gasteiger partial charge < -0.3 is 21.3 Å². The van der Waals surface area contributed by atoms with Crippen LogP contribution in [0.4, 0.5) is 22.7 Å². The van der Waals surface area contributed by atoms with E-state index in [-0.39, 0.29) is 0 Å². The molecule has 58 heavy (non-hydrogen) atoms. The third-order valence-corrected chi connectivity index (χ3v) is 11.8. The largest absolute Gasteiger partial charge is 0.384 e. The fraction of sp³-hybridized carbons (Fsp3) is 0.447. The second-order valence-electron chi connectivity index (χ2n) is 16.5. The highest BCUT2D eigenvalue weighted by atomic mass is 15.5. The summed E-state index contributed by atoms with van der Waals surface area (Å²) in [6.45, 7) is 8.08. The number of piperidine rings is 2. The van der Waals surface area contributed by atoms with Gasteiger partial charge in [-0.1, -0.05) is 29.5 Å². The Labute approximate surface area is 347 Å². The average Bonchev–Trinajstić information content (AvgIpc) is 3.24. The van der Waals surface area contributed by atoms with Crippen LogP contribution in [-0.2, 0) is 13.1 Å². The molecule has 0 saturated carbocycles. The fourth-order valence-corrected chi connectivity index (χ4v) is 7.82. The van der Waals surface area contributed by atoms with Gasteiger partial charge >= 0.3 is 0 Å². The molecule has 2 heterocycles. The zero-order valence-corrected chi connectivity index (χ0v) is 35.5. The summed E-state index contributed by atoms with van der Waals surface area (Å²) in [7, 11) is 10.2. The zero-order valence-electron chi connectivity index (χ0n) is 35.5. The third kappa shape index (κ3) is 12.6. The molecular formula is C47H65N11. The van der Waals surface area contributed by atoms with Gasteiger partial charge in [0, 0.05) is 83.9 Å². The second-order valence-corrected chi connectivity index (χ2v) is 16.5. The van der Waals surface area contributed by atoms with E-state index >= 15 is 0 Å². The van der Waals surface area contributed by atoms with E-state index in [4.69, 9.17) is 21.5 Å². The topological polar surface area (TPSA) is 118 Å². The van der Waals surface area contributed by atoms with Crippen LogP contribution in [0.1, 0.15) is 60.8 Å². The number of hydrogen-bond donors (Lipinski definition) is 2. The Balaban J connectivity index is 0.871. The van der Waals surface area contributed by atoms with E-state index < -0.39 is 0 Å². The highest BCUT2D eigenvalue weighted by Crippen LogP contribution is 2.25. The number of anilines is 3. The van der Waals surface area contributed by atoms with Crippen LogP contribution in [0.3, 0.4) is 0 Å². The SMILES string of the molecule is CN(C)c1ccc(CN2CCC(CCN=C(N)c3ccc(N=NN(C)c4ccc(C(N)=NCCC5CCN(Cc6ccc(N(C)C)cc6)CC5)cc4)cc3)CC2)cc1. The molecule has 4 aromatic rings. The molecule has 308 valence electrons. The Bertz CT molecular complexity index is 1920. The molecule has 2 fully saturated rings. The van der Waals surface area contributed by atoms with Gasteiger partial charge in [-0.15, -0.1) is 5.11 Å². The molecule has 2 aliphatic heterocycles. The number of likely N-dealkylation sites (tertiary alicyclic amines) is 2. The van der Waals surface area contributed by atoms with Crippen molar-refractivity contribution in [2.75, 3.05) is 89.3 Å². The van der Waals surface area contributed by atoms with Crippen molar-refractivity contribution in [3.05, 3.63) is 119 Å². The summed E-state index contributed by atoms with van der Waals surface area (Å²) in [4.78, 5) is 18.9. The lowest BCUT2D eigenvalue weighted by atomic mass is 9.93. The molecule has 2 aliphatic rings. The highest BCUT2D eigenvalue weighted by molar-refractivity contribution is 5.98. The Morgan fingerprint density at radius 2 is 0.914 bits per heavy atom. The minimum Gasteiger partial charge on any atom is -0.384 e. The smallest absolute Gasteiger partial charge is 0.125 e. The summed E-state index contributed by atoms with van der Waals surface area (Å²) in [6.07, 6.45) is 6.98. The number of hydrogen-bond acceptors (Lipinski definition) is 8.